The minimum atomic E-state index is -0.780. The molecule has 22 heavy (non-hydrogen) atoms. The van der Waals surface area contributed by atoms with Gasteiger partial charge in [-0.1, -0.05) is 12.8 Å². The number of rotatable bonds is 3. The topological polar surface area (TPSA) is 70.1 Å². The van der Waals surface area contributed by atoms with Crippen molar-refractivity contribution in [3.63, 3.8) is 0 Å². The van der Waals surface area contributed by atoms with Crippen molar-refractivity contribution < 1.29 is 19.4 Å². The number of carboxylic acids is 1. The van der Waals surface area contributed by atoms with Crippen LogP contribution < -0.4 is 0 Å². The molecule has 0 bridgehead atoms. The maximum absolute atomic E-state index is 12.6. The number of aliphatic carboxylic acids is 1. The normalized spacial score (nSPS) is 36.1. The average Bonchev–Trinajstić information content (AvgIpc) is 2.86. The van der Waals surface area contributed by atoms with E-state index in [9.17, 15) is 14.7 Å². The number of carbonyl (C=O) groups is 2. The number of hydrogen-bond acceptors (Lipinski definition) is 4. The fourth-order valence-corrected chi connectivity index (χ4v) is 4.32. The number of likely N-dealkylation sites (tertiary alicyclic amines) is 1. The molecule has 124 valence electrons. The van der Waals surface area contributed by atoms with E-state index in [2.05, 4.69) is 0 Å². The van der Waals surface area contributed by atoms with Crippen molar-refractivity contribution in [2.24, 2.45) is 5.92 Å². The molecule has 1 N–H and O–H groups in total. The average molecular weight is 310 g/mol. The molecule has 1 amide bonds. The maximum atomic E-state index is 12.6. The summed E-state index contributed by atoms with van der Waals surface area (Å²) in [6.45, 7) is 4.00. The zero-order valence-corrected chi connectivity index (χ0v) is 13.2. The Morgan fingerprint density at radius 1 is 1.27 bits per heavy atom. The van der Waals surface area contributed by atoms with E-state index in [-0.39, 0.29) is 24.6 Å². The lowest BCUT2D eigenvalue weighted by molar-refractivity contribution is -0.146. The van der Waals surface area contributed by atoms with Crippen molar-refractivity contribution in [1.82, 2.24) is 9.80 Å². The van der Waals surface area contributed by atoms with Crippen LogP contribution in [0.15, 0.2) is 0 Å². The monoisotopic (exact) mass is 310 g/mol. The molecular weight excluding hydrogens is 284 g/mol. The number of nitrogens with zero attached hydrogens (tertiary/aromatic N) is 2. The van der Waals surface area contributed by atoms with E-state index in [0.717, 1.165) is 19.3 Å². The third kappa shape index (κ3) is 3.13. The number of ether oxygens (including phenoxy) is 1. The summed E-state index contributed by atoms with van der Waals surface area (Å²) >= 11 is 0. The van der Waals surface area contributed by atoms with Crippen molar-refractivity contribution in [1.29, 1.82) is 0 Å². The summed E-state index contributed by atoms with van der Waals surface area (Å²) in [6, 6.07) is -0.215. The molecule has 3 aliphatic rings. The molecule has 2 saturated heterocycles. The van der Waals surface area contributed by atoms with Gasteiger partial charge in [-0.2, -0.15) is 0 Å². The first-order chi connectivity index (χ1) is 10.6. The van der Waals surface area contributed by atoms with Gasteiger partial charge in [0.1, 0.15) is 6.04 Å². The molecule has 3 fully saturated rings. The van der Waals surface area contributed by atoms with Crippen LogP contribution in [0.25, 0.3) is 0 Å². The molecule has 6 nitrogen and oxygen atoms in total. The molecule has 0 radical (unpaired) electrons. The lowest BCUT2D eigenvalue weighted by Crippen LogP contribution is -2.52. The van der Waals surface area contributed by atoms with Crippen LogP contribution in [0.2, 0.25) is 0 Å². The van der Waals surface area contributed by atoms with Crippen LogP contribution in [0.1, 0.15) is 39.0 Å². The van der Waals surface area contributed by atoms with Gasteiger partial charge in [-0.3, -0.25) is 14.5 Å². The highest BCUT2D eigenvalue weighted by molar-refractivity contribution is 5.80. The van der Waals surface area contributed by atoms with Gasteiger partial charge in [0, 0.05) is 19.1 Å². The highest BCUT2D eigenvalue weighted by Crippen LogP contribution is 2.39. The number of carbonyl (C=O) groups excluding carboxylic acids is 1. The Morgan fingerprint density at radius 2 is 2.05 bits per heavy atom. The van der Waals surface area contributed by atoms with Crippen LogP contribution in [-0.2, 0) is 14.3 Å². The molecule has 2 heterocycles. The van der Waals surface area contributed by atoms with E-state index in [0.29, 0.717) is 32.0 Å². The number of carboxylic acid groups (broad SMARTS) is 1. The smallest absolute Gasteiger partial charge is 0.320 e. The van der Waals surface area contributed by atoms with Gasteiger partial charge in [0.05, 0.1) is 19.3 Å². The SMILES string of the molecule is C[C@@H]1CN(C(=O)CN2[C@H](C(=O)O)C[C@H]3CCCC[C@@H]32)CCO1. The Kier molecular flexibility index (Phi) is 4.68. The minimum absolute atomic E-state index is 0.0487. The molecular formula is C16H26N2O4. The molecule has 0 spiro atoms. The molecule has 6 heteroatoms. The van der Waals surface area contributed by atoms with Crippen molar-refractivity contribution in [2.75, 3.05) is 26.2 Å². The lowest BCUT2D eigenvalue weighted by Gasteiger charge is -2.36. The molecule has 2 aliphatic heterocycles. The molecule has 3 rings (SSSR count). The number of amides is 1. The van der Waals surface area contributed by atoms with Crippen molar-refractivity contribution in [3.05, 3.63) is 0 Å². The standard InChI is InChI=1S/C16H26N2O4/c1-11-9-17(6-7-22-11)15(19)10-18-13-5-3-2-4-12(13)8-14(18)16(20)21/h11-14H,2-10H2,1H3,(H,20,21)/t11-,12-,13+,14+/m1/s1. The maximum Gasteiger partial charge on any atom is 0.320 e. The summed E-state index contributed by atoms with van der Waals surface area (Å²) in [5, 5.41) is 9.51. The van der Waals surface area contributed by atoms with Gasteiger partial charge in [-0.15, -0.1) is 0 Å². The Labute approximate surface area is 131 Å². The van der Waals surface area contributed by atoms with Crippen molar-refractivity contribution in [3.8, 4) is 0 Å². The van der Waals surface area contributed by atoms with Gasteiger partial charge in [0.25, 0.3) is 0 Å². The highest BCUT2D eigenvalue weighted by Gasteiger charge is 2.46. The number of fused-ring (bicyclic) bond motifs is 1. The van der Waals surface area contributed by atoms with E-state index in [1.807, 2.05) is 16.7 Å². The summed E-state index contributed by atoms with van der Waals surface area (Å²) in [7, 11) is 0. The van der Waals surface area contributed by atoms with E-state index in [4.69, 9.17) is 4.74 Å². The fraction of sp³-hybridized carbons (Fsp3) is 0.875. The third-order valence-corrected chi connectivity index (χ3v) is 5.42. The zero-order valence-electron chi connectivity index (χ0n) is 13.2. The molecule has 0 aromatic rings. The first-order valence-electron chi connectivity index (χ1n) is 8.44. The van der Waals surface area contributed by atoms with E-state index >= 15 is 0 Å². The Hall–Kier alpha value is -1.14. The van der Waals surface area contributed by atoms with Gasteiger partial charge >= 0.3 is 5.97 Å². The fourth-order valence-electron chi connectivity index (χ4n) is 4.32. The Morgan fingerprint density at radius 3 is 2.77 bits per heavy atom. The predicted octanol–water partition coefficient (Wildman–Crippen LogP) is 0.951. The van der Waals surface area contributed by atoms with Gasteiger partial charge in [0.15, 0.2) is 0 Å². The summed E-state index contributed by atoms with van der Waals surface area (Å²) < 4.78 is 5.47. The molecule has 1 aliphatic carbocycles. The van der Waals surface area contributed by atoms with Crippen LogP contribution in [0.5, 0.6) is 0 Å². The number of hydrogen-bond donors (Lipinski definition) is 1. The van der Waals surface area contributed by atoms with Crippen molar-refractivity contribution in [2.45, 2.75) is 57.2 Å². The Bertz CT molecular complexity index is 442. The molecule has 0 aromatic carbocycles. The van der Waals surface area contributed by atoms with Crippen LogP contribution >= 0.6 is 0 Å². The second kappa shape index (κ2) is 6.54. The van der Waals surface area contributed by atoms with Crippen LogP contribution in [0.4, 0.5) is 0 Å². The lowest BCUT2D eigenvalue weighted by atomic mass is 9.85. The number of morpholine rings is 1. The second-order valence-electron chi connectivity index (χ2n) is 6.90. The second-order valence-corrected chi connectivity index (χ2v) is 6.90. The zero-order chi connectivity index (χ0) is 15.7. The van der Waals surface area contributed by atoms with E-state index in [1.165, 1.54) is 6.42 Å². The van der Waals surface area contributed by atoms with Crippen LogP contribution in [-0.4, -0.2) is 71.2 Å². The summed E-state index contributed by atoms with van der Waals surface area (Å²) in [4.78, 5) is 27.9. The predicted molar refractivity (Wildman–Crippen MR) is 80.5 cm³/mol. The molecule has 0 aromatic heterocycles. The quantitative estimate of drug-likeness (QED) is 0.840. The largest absolute Gasteiger partial charge is 0.480 e. The van der Waals surface area contributed by atoms with Crippen LogP contribution in [0.3, 0.4) is 0 Å². The van der Waals surface area contributed by atoms with Gasteiger partial charge in [-0.05, 0) is 32.1 Å². The Balaban J connectivity index is 1.67. The van der Waals surface area contributed by atoms with Crippen LogP contribution in [0, 0.1) is 5.92 Å². The van der Waals surface area contributed by atoms with E-state index in [1.54, 1.807) is 0 Å². The summed E-state index contributed by atoms with van der Waals surface area (Å²) in [5.74, 6) is -0.281. The summed E-state index contributed by atoms with van der Waals surface area (Å²) in [5.41, 5.74) is 0. The first-order valence-corrected chi connectivity index (χ1v) is 8.44. The van der Waals surface area contributed by atoms with Gasteiger partial charge in [-0.25, -0.2) is 0 Å². The molecule has 4 atom stereocenters. The van der Waals surface area contributed by atoms with Gasteiger partial charge < -0.3 is 14.7 Å². The first kappa shape index (κ1) is 15.7. The molecule has 0 unspecified atom stereocenters. The third-order valence-electron chi connectivity index (χ3n) is 5.42. The van der Waals surface area contributed by atoms with Crippen molar-refractivity contribution >= 4 is 11.9 Å². The summed E-state index contributed by atoms with van der Waals surface area (Å²) in [6.07, 6.45) is 5.24. The highest BCUT2D eigenvalue weighted by atomic mass is 16.5. The van der Waals surface area contributed by atoms with E-state index < -0.39 is 12.0 Å². The minimum Gasteiger partial charge on any atom is -0.480 e. The van der Waals surface area contributed by atoms with Gasteiger partial charge in [0.2, 0.25) is 5.91 Å². The molecule has 1 saturated carbocycles.